The molecule has 0 aliphatic carbocycles. The van der Waals surface area contributed by atoms with Gasteiger partial charge >= 0.3 is 6.18 Å². The lowest BCUT2D eigenvalue weighted by molar-refractivity contribution is -0.138. The Hall–Kier alpha value is -1.33. The summed E-state index contributed by atoms with van der Waals surface area (Å²) >= 11 is 3.36. The maximum atomic E-state index is 12.9. The Morgan fingerprint density at radius 1 is 1.05 bits per heavy atom. The van der Waals surface area contributed by atoms with Crippen molar-refractivity contribution in [2.75, 3.05) is 0 Å². The molecule has 0 amide bonds. The minimum absolute atomic E-state index is 0.0283. The zero-order valence-corrected chi connectivity index (χ0v) is 13.0. The minimum atomic E-state index is -4.32. The van der Waals surface area contributed by atoms with Gasteiger partial charge in [0.25, 0.3) is 0 Å². The zero-order chi connectivity index (χ0) is 15.5. The summed E-state index contributed by atoms with van der Waals surface area (Å²) in [4.78, 5) is 0. The highest BCUT2D eigenvalue weighted by Gasteiger charge is 2.32. The number of hydrogen-bond donors (Lipinski definition) is 1. The molecule has 0 saturated heterocycles. The molecule has 0 radical (unpaired) electrons. The van der Waals surface area contributed by atoms with Crippen LogP contribution in [0.5, 0.6) is 0 Å². The smallest absolute Gasteiger partial charge is 0.306 e. The molecule has 0 heterocycles. The number of alkyl halides is 3. The number of rotatable bonds is 4. The van der Waals surface area contributed by atoms with Crippen molar-refractivity contribution >= 4 is 15.9 Å². The van der Waals surface area contributed by atoms with Gasteiger partial charge in [-0.2, -0.15) is 13.2 Å². The monoisotopic (exact) mass is 357 g/mol. The van der Waals surface area contributed by atoms with Gasteiger partial charge in [0.2, 0.25) is 0 Å². The largest absolute Gasteiger partial charge is 0.416 e. The molecule has 0 fully saturated rings. The van der Waals surface area contributed by atoms with Crippen LogP contribution in [-0.2, 0) is 12.7 Å². The Labute approximate surface area is 130 Å². The van der Waals surface area contributed by atoms with E-state index in [1.807, 2.05) is 31.2 Å². The normalized spacial score (nSPS) is 13.2. The molecule has 0 aliphatic heterocycles. The summed E-state index contributed by atoms with van der Waals surface area (Å²) in [5, 5.41) is 3.13. The molecule has 0 spiro atoms. The molecular weight excluding hydrogens is 343 g/mol. The topological polar surface area (TPSA) is 12.0 Å². The van der Waals surface area contributed by atoms with Crippen molar-refractivity contribution in [1.29, 1.82) is 0 Å². The Bertz CT molecular complexity index is 593. The summed E-state index contributed by atoms with van der Waals surface area (Å²) in [5.74, 6) is 0. The first-order valence-corrected chi connectivity index (χ1v) is 7.31. The van der Waals surface area contributed by atoms with Gasteiger partial charge in [-0.15, -0.1) is 0 Å². The molecule has 1 atom stereocenters. The van der Waals surface area contributed by atoms with Crippen molar-refractivity contribution in [3.05, 3.63) is 69.7 Å². The lowest BCUT2D eigenvalue weighted by Crippen LogP contribution is -2.20. The van der Waals surface area contributed by atoms with Crippen molar-refractivity contribution in [3.63, 3.8) is 0 Å². The van der Waals surface area contributed by atoms with Crippen LogP contribution in [0, 0.1) is 0 Å². The molecule has 2 aromatic rings. The Kier molecular flexibility index (Phi) is 5.06. The summed E-state index contributed by atoms with van der Waals surface area (Å²) in [6, 6.07) is 13.3. The SMILES string of the molecule is CC(NCc1ccccc1C(F)(F)F)c1ccc(Br)cc1. The van der Waals surface area contributed by atoms with E-state index >= 15 is 0 Å². The van der Waals surface area contributed by atoms with E-state index in [0.29, 0.717) is 0 Å². The van der Waals surface area contributed by atoms with Crippen LogP contribution in [0.25, 0.3) is 0 Å². The maximum absolute atomic E-state index is 12.9. The summed E-state index contributed by atoms with van der Waals surface area (Å²) in [7, 11) is 0. The molecule has 0 bridgehead atoms. The van der Waals surface area contributed by atoms with Crippen LogP contribution < -0.4 is 5.32 Å². The fourth-order valence-electron chi connectivity index (χ4n) is 2.08. The molecule has 0 aromatic heterocycles. The highest BCUT2D eigenvalue weighted by molar-refractivity contribution is 9.10. The molecule has 0 saturated carbocycles. The standard InChI is InChI=1S/C16H15BrF3N/c1-11(12-6-8-14(17)9-7-12)21-10-13-4-2-3-5-15(13)16(18,19)20/h2-9,11,21H,10H2,1H3. The Morgan fingerprint density at radius 3 is 2.29 bits per heavy atom. The molecular formula is C16H15BrF3N. The molecule has 5 heteroatoms. The van der Waals surface area contributed by atoms with Crippen LogP contribution in [0.1, 0.15) is 29.7 Å². The lowest BCUT2D eigenvalue weighted by atomic mass is 10.1. The minimum Gasteiger partial charge on any atom is -0.306 e. The third kappa shape index (κ3) is 4.32. The number of halogens is 4. The Balaban J connectivity index is 2.08. The predicted octanol–water partition coefficient (Wildman–Crippen LogP) is 5.32. The highest BCUT2D eigenvalue weighted by atomic mass is 79.9. The first kappa shape index (κ1) is 16.0. The van der Waals surface area contributed by atoms with Gasteiger partial charge in [0, 0.05) is 17.1 Å². The van der Waals surface area contributed by atoms with E-state index in [1.54, 1.807) is 6.07 Å². The van der Waals surface area contributed by atoms with Crippen molar-refractivity contribution in [2.45, 2.75) is 25.7 Å². The van der Waals surface area contributed by atoms with E-state index in [0.717, 1.165) is 16.1 Å². The Morgan fingerprint density at radius 2 is 1.67 bits per heavy atom. The van der Waals surface area contributed by atoms with Crippen LogP contribution in [0.2, 0.25) is 0 Å². The van der Waals surface area contributed by atoms with Gasteiger partial charge in [0.15, 0.2) is 0 Å². The first-order chi connectivity index (χ1) is 9.88. The summed E-state index contributed by atoms with van der Waals surface area (Å²) in [5.41, 5.74) is 0.706. The van der Waals surface area contributed by atoms with E-state index in [2.05, 4.69) is 21.2 Å². The van der Waals surface area contributed by atoms with E-state index in [4.69, 9.17) is 0 Å². The van der Waals surface area contributed by atoms with Gasteiger partial charge in [-0.3, -0.25) is 0 Å². The van der Waals surface area contributed by atoms with Gasteiger partial charge in [0.05, 0.1) is 5.56 Å². The second kappa shape index (κ2) is 6.62. The van der Waals surface area contributed by atoms with Crippen LogP contribution in [-0.4, -0.2) is 0 Å². The number of hydrogen-bond acceptors (Lipinski definition) is 1. The molecule has 2 rings (SSSR count). The average molecular weight is 358 g/mol. The van der Waals surface area contributed by atoms with Gasteiger partial charge in [-0.1, -0.05) is 46.3 Å². The highest BCUT2D eigenvalue weighted by Crippen LogP contribution is 2.32. The van der Waals surface area contributed by atoms with E-state index < -0.39 is 11.7 Å². The van der Waals surface area contributed by atoms with Crippen molar-refractivity contribution in [1.82, 2.24) is 5.32 Å². The van der Waals surface area contributed by atoms with Crippen molar-refractivity contribution in [2.24, 2.45) is 0 Å². The molecule has 1 unspecified atom stereocenters. The molecule has 1 nitrogen and oxygen atoms in total. The fourth-order valence-corrected chi connectivity index (χ4v) is 2.35. The van der Waals surface area contributed by atoms with Crippen LogP contribution in [0.15, 0.2) is 53.0 Å². The molecule has 112 valence electrons. The summed E-state index contributed by atoms with van der Waals surface area (Å²) in [6.45, 7) is 2.10. The van der Waals surface area contributed by atoms with Crippen LogP contribution in [0.4, 0.5) is 13.2 Å². The van der Waals surface area contributed by atoms with E-state index in [1.165, 1.54) is 12.1 Å². The average Bonchev–Trinajstić information content (AvgIpc) is 2.45. The van der Waals surface area contributed by atoms with Crippen LogP contribution in [0.3, 0.4) is 0 Å². The molecule has 21 heavy (non-hydrogen) atoms. The summed E-state index contributed by atoms with van der Waals surface area (Å²) in [6.07, 6.45) is -4.32. The van der Waals surface area contributed by atoms with Gasteiger partial charge in [-0.05, 0) is 36.2 Å². The molecule has 2 aromatic carbocycles. The third-order valence-corrected chi connectivity index (χ3v) is 3.82. The second-order valence-electron chi connectivity index (χ2n) is 4.81. The van der Waals surface area contributed by atoms with Gasteiger partial charge in [0.1, 0.15) is 0 Å². The molecule has 0 aliphatic rings. The van der Waals surface area contributed by atoms with Gasteiger partial charge in [-0.25, -0.2) is 0 Å². The quantitative estimate of drug-likeness (QED) is 0.780. The van der Waals surface area contributed by atoms with Crippen molar-refractivity contribution < 1.29 is 13.2 Å². The lowest BCUT2D eigenvalue weighted by Gasteiger charge is -2.17. The summed E-state index contributed by atoms with van der Waals surface area (Å²) < 4.78 is 39.7. The maximum Gasteiger partial charge on any atom is 0.416 e. The predicted molar refractivity (Wildman–Crippen MR) is 80.8 cm³/mol. The fraction of sp³-hybridized carbons (Fsp3) is 0.250. The second-order valence-corrected chi connectivity index (χ2v) is 5.72. The van der Waals surface area contributed by atoms with Crippen LogP contribution >= 0.6 is 15.9 Å². The van der Waals surface area contributed by atoms with E-state index in [-0.39, 0.29) is 18.2 Å². The first-order valence-electron chi connectivity index (χ1n) is 6.52. The zero-order valence-electron chi connectivity index (χ0n) is 11.4. The van der Waals surface area contributed by atoms with E-state index in [9.17, 15) is 13.2 Å². The number of nitrogens with one attached hydrogen (secondary N) is 1. The molecule has 1 N–H and O–H groups in total. The third-order valence-electron chi connectivity index (χ3n) is 3.29. The van der Waals surface area contributed by atoms with Crippen molar-refractivity contribution in [3.8, 4) is 0 Å². The van der Waals surface area contributed by atoms with Gasteiger partial charge < -0.3 is 5.32 Å². The number of benzene rings is 2.